The molecular weight excluding hydrogens is 214 g/mol. The van der Waals surface area contributed by atoms with Gasteiger partial charge in [0.25, 0.3) is 10.2 Å². The molecule has 6 heteroatoms. The molecule has 0 aromatic heterocycles. The van der Waals surface area contributed by atoms with Crippen molar-refractivity contribution in [2.75, 3.05) is 13.1 Å². The molecule has 0 spiro atoms. The molecule has 0 atom stereocenters. The highest BCUT2D eigenvalue weighted by Crippen LogP contribution is 2.28. The third-order valence-electron chi connectivity index (χ3n) is 2.84. The molecule has 0 saturated heterocycles. The van der Waals surface area contributed by atoms with Gasteiger partial charge in [0, 0.05) is 18.6 Å². The predicted molar refractivity (Wildman–Crippen MR) is 60.6 cm³/mol. The Morgan fingerprint density at radius 1 is 1.33 bits per heavy atom. The van der Waals surface area contributed by atoms with Crippen molar-refractivity contribution in [2.24, 2.45) is 5.73 Å². The molecule has 0 heterocycles. The summed E-state index contributed by atoms with van der Waals surface area (Å²) in [6.45, 7) is 2.77. The molecule has 1 aliphatic carbocycles. The highest BCUT2D eigenvalue weighted by molar-refractivity contribution is 7.87. The molecule has 1 rings (SSSR count). The maximum Gasteiger partial charge on any atom is 0.277 e. The Kier molecular flexibility index (Phi) is 4.51. The van der Waals surface area contributed by atoms with Crippen LogP contribution in [0, 0.1) is 0 Å². The van der Waals surface area contributed by atoms with Crippen LogP contribution in [0.15, 0.2) is 0 Å². The molecular formula is C9H21N3O2S. The molecule has 90 valence electrons. The van der Waals surface area contributed by atoms with Crippen LogP contribution in [0.4, 0.5) is 0 Å². The Hall–Kier alpha value is -0.170. The van der Waals surface area contributed by atoms with E-state index in [4.69, 9.17) is 5.73 Å². The first kappa shape index (κ1) is 12.9. The molecule has 0 unspecified atom stereocenters. The minimum atomic E-state index is -3.38. The maximum atomic E-state index is 11.6. The molecule has 0 aliphatic heterocycles. The van der Waals surface area contributed by atoms with Crippen LogP contribution in [0.3, 0.4) is 0 Å². The molecule has 0 amide bonds. The Balaban J connectivity index is 2.58. The van der Waals surface area contributed by atoms with Crippen molar-refractivity contribution in [3.8, 4) is 0 Å². The lowest BCUT2D eigenvalue weighted by molar-refractivity contribution is 0.396. The summed E-state index contributed by atoms with van der Waals surface area (Å²) < 4.78 is 28.5. The van der Waals surface area contributed by atoms with E-state index in [1.165, 1.54) is 0 Å². The van der Waals surface area contributed by atoms with Gasteiger partial charge in [0.1, 0.15) is 0 Å². The molecule has 4 N–H and O–H groups in total. The summed E-state index contributed by atoms with van der Waals surface area (Å²) in [6.07, 6.45) is 4.57. The zero-order valence-electron chi connectivity index (χ0n) is 9.25. The molecule has 0 aromatic rings. The van der Waals surface area contributed by atoms with Gasteiger partial charge in [-0.05, 0) is 19.3 Å². The molecule has 1 saturated carbocycles. The summed E-state index contributed by atoms with van der Waals surface area (Å²) in [5.74, 6) is 0. The van der Waals surface area contributed by atoms with Gasteiger partial charge < -0.3 is 5.73 Å². The SMILES string of the molecule is CCCNS(=O)(=O)NC1(CN)CCCC1. The number of hydrogen-bond donors (Lipinski definition) is 3. The van der Waals surface area contributed by atoms with E-state index in [-0.39, 0.29) is 0 Å². The fourth-order valence-corrected chi connectivity index (χ4v) is 3.36. The van der Waals surface area contributed by atoms with Gasteiger partial charge in [0.05, 0.1) is 0 Å². The summed E-state index contributed by atoms with van der Waals surface area (Å²) in [5.41, 5.74) is 5.25. The van der Waals surface area contributed by atoms with Gasteiger partial charge in [0.15, 0.2) is 0 Å². The zero-order chi connectivity index (χ0) is 11.4. The van der Waals surface area contributed by atoms with Crippen LogP contribution >= 0.6 is 0 Å². The smallest absolute Gasteiger partial charge is 0.277 e. The van der Waals surface area contributed by atoms with Crippen LogP contribution in [0.1, 0.15) is 39.0 Å². The number of hydrogen-bond acceptors (Lipinski definition) is 3. The Morgan fingerprint density at radius 3 is 2.40 bits per heavy atom. The van der Waals surface area contributed by atoms with Crippen molar-refractivity contribution in [1.29, 1.82) is 0 Å². The van der Waals surface area contributed by atoms with Gasteiger partial charge in [-0.25, -0.2) is 4.72 Å². The Labute approximate surface area is 92.0 Å². The lowest BCUT2D eigenvalue weighted by Gasteiger charge is -2.28. The van der Waals surface area contributed by atoms with Crippen molar-refractivity contribution in [1.82, 2.24) is 9.44 Å². The maximum absolute atomic E-state index is 11.6. The van der Waals surface area contributed by atoms with Crippen molar-refractivity contribution in [3.05, 3.63) is 0 Å². The van der Waals surface area contributed by atoms with Crippen LogP contribution in [-0.4, -0.2) is 27.0 Å². The van der Waals surface area contributed by atoms with E-state index in [9.17, 15) is 8.42 Å². The van der Waals surface area contributed by atoms with Crippen molar-refractivity contribution in [2.45, 2.75) is 44.6 Å². The third kappa shape index (κ3) is 3.71. The van der Waals surface area contributed by atoms with Crippen LogP contribution in [0.2, 0.25) is 0 Å². The average molecular weight is 235 g/mol. The second-order valence-electron chi connectivity index (χ2n) is 4.19. The first-order valence-electron chi connectivity index (χ1n) is 5.52. The van der Waals surface area contributed by atoms with Crippen molar-refractivity contribution in [3.63, 3.8) is 0 Å². The highest BCUT2D eigenvalue weighted by atomic mass is 32.2. The number of rotatable bonds is 6. The first-order chi connectivity index (χ1) is 7.04. The summed E-state index contributed by atoms with van der Waals surface area (Å²) in [6, 6.07) is 0. The minimum Gasteiger partial charge on any atom is -0.329 e. The molecule has 5 nitrogen and oxygen atoms in total. The van der Waals surface area contributed by atoms with Gasteiger partial charge in [-0.1, -0.05) is 19.8 Å². The van der Waals surface area contributed by atoms with E-state index < -0.39 is 15.7 Å². The van der Waals surface area contributed by atoms with Crippen LogP contribution < -0.4 is 15.2 Å². The van der Waals surface area contributed by atoms with E-state index in [0.29, 0.717) is 13.1 Å². The second-order valence-corrected chi connectivity index (χ2v) is 5.69. The lowest BCUT2D eigenvalue weighted by atomic mass is 10.0. The molecule has 15 heavy (non-hydrogen) atoms. The van der Waals surface area contributed by atoms with Gasteiger partial charge in [0.2, 0.25) is 0 Å². The fourth-order valence-electron chi connectivity index (χ4n) is 1.96. The Morgan fingerprint density at radius 2 is 1.93 bits per heavy atom. The van der Waals surface area contributed by atoms with Crippen LogP contribution in [0.5, 0.6) is 0 Å². The quantitative estimate of drug-likeness (QED) is 0.610. The number of nitrogens with two attached hydrogens (primary N) is 1. The summed E-state index contributed by atoms with van der Waals surface area (Å²) in [4.78, 5) is 0. The third-order valence-corrected chi connectivity index (χ3v) is 4.13. The monoisotopic (exact) mass is 235 g/mol. The highest BCUT2D eigenvalue weighted by Gasteiger charge is 2.35. The lowest BCUT2D eigenvalue weighted by Crippen LogP contribution is -2.54. The standard InChI is InChI=1S/C9H21N3O2S/c1-2-7-11-15(13,14)12-9(8-10)5-3-4-6-9/h11-12H,2-8,10H2,1H3. The summed E-state index contributed by atoms with van der Waals surface area (Å²) >= 11 is 0. The van der Waals surface area contributed by atoms with Crippen LogP contribution in [0.25, 0.3) is 0 Å². The van der Waals surface area contributed by atoms with Gasteiger partial charge in [-0.3, -0.25) is 0 Å². The molecule has 0 bridgehead atoms. The van der Waals surface area contributed by atoms with Gasteiger partial charge >= 0.3 is 0 Å². The molecule has 1 fully saturated rings. The minimum absolute atomic E-state index is 0.375. The normalized spacial score (nSPS) is 20.7. The van der Waals surface area contributed by atoms with E-state index in [2.05, 4.69) is 9.44 Å². The molecule has 0 radical (unpaired) electrons. The summed E-state index contributed by atoms with van der Waals surface area (Å²) in [7, 11) is -3.38. The number of nitrogens with one attached hydrogen (secondary N) is 2. The predicted octanol–water partition coefficient (Wildman–Crippen LogP) is 0.0919. The summed E-state index contributed by atoms with van der Waals surface area (Å²) in [5, 5.41) is 0. The van der Waals surface area contributed by atoms with E-state index in [1.807, 2.05) is 6.92 Å². The van der Waals surface area contributed by atoms with Crippen molar-refractivity contribution >= 4 is 10.2 Å². The van der Waals surface area contributed by atoms with Crippen molar-refractivity contribution < 1.29 is 8.42 Å². The van der Waals surface area contributed by atoms with Gasteiger partial charge in [-0.2, -0.15) is 13.1 Å². The van der Waals surface area contributed by atoms with Crippen LogP contribution in [-0.2, 0) is 10.2 Å². The zero-order valence-corrected chi connectivity index (χ0v) is 10.1. The fraction of sp³-hybridized carbons (Fsp3) is 1.00. The van der Waals surface area contributed by atoms with Gasteiger partial charge in [-0.15, -0.1) is 0 Å². The topological polar surface area (TPSA) is 84.2 Å². The molecule has 0 aromatic carbocycles. The molecule has 1 aliphatic rings. The Bertz CT molecular complexity index is 284. The average Bonchev–Trinajstić information content (AvgIpc) is 2.63. The van der Waals surface area contributed by atoms with E-state index >= 15 is 0 Å². The first-order valence-corrected chi connectivity index (χ1v) is 7.00. The largest absolute Gasteiger partial charge is 0.329 e. The van der Waals surface area contributed by atoms with E-state index in [0.717, 1.165) is 32.1 Å². The van der Waals surface area contributed by atoms with E-state index in [1.54, 1.807) is 0 Å². The second kappa shape index (κ2) is 5.25.